The molecule has 0 radical (unpaired) electrons. The van der Waals surface area contributed by atoms with Gasteiger partial charge in [-0.3, -0.25) is 4.90 Å². The summed E-state index contributed by atoms with van der Waals surface area (Å²) in [6.07, 6.45) is 3.86. The van der Waals surface area contributed by atoms with Crippen molar-refractivity contribution in [3.63, 3.8) is 0 Å². The molecule has 1 saturated heterocycles. The Morgan fingerprint density at radius 2 is 1.95 bits per heavy atom. The van der Waals surface area contributed by atoms with E-state index < -0.39 is 5.92 Å². The molecule has 1 saturated carbocycles. The zero-order valence-electron chi connectivity index (χ0n) is 12.2. The first-order valence-corrected chi connectivity index (χ1v) is 7.61. The van der Waals surface area contributed by atoms with Crippen molar-refractivity contribution in [2.24, 2.45) is 11.8 Å². The van der Waals surface area contributed by atoms with Crippen molar-refractivity contribution in [1.29, 1.82) is 0 Å². The van der Waals surface area contributed by atoms with Crippen LogP contribution in [0.1, 0.15) is 45.4 Å². The highest BCUT2D eigenvalue weighted by Gasteiger charge is 2.35. The maximum atomic E-state index is 13.1. The molecule has 0 aromatic heterocycles. The van der Waals surface area contributed by atoms with Crippen LogP contribution >= 0.6 is 0 Å². The third-order valence-corrected chi connectivity index (χ3v) is 4.76. The second kappa shape index (κ2) is 6.49. The minimum Gasteiger partial charge on any atom is -0.383 e. The molecule has 0 bridgehead atoms. The molecular weight excluding hydrogens is 248 g/mol. The van der Waals surface area contributed by atoms with E-state index in [1.165, 1.54) is 6.42 Å². The third-order valence-electron chi connectivity index (χ3n) is 4.76. The van der Waals surface area contributed by atoms with Crippen LogP contribution in [-0.2, 0) is 4.74 Å². The summed E-state index contributed by atoms with van der Waals surface area (Å²) >= 11 is 0. The molecule has 2 fully saturated rings. The van der Waals surface area contributed by atoms with Crippen LogP contribution < -0.4 is 0 Å². The van der Waals surface area contributed by atoms with Crippen molar-refractivity contribution in [3.05, 3.63) is 0 Å². The largest absolute Gasteiger partial charge is 0.383 e. The maximum Gasteiger partial charge on any atom is 0.248 e. The van der Waals surface area contributed by atoms with Crippen LogP contribution in [0.5, 0.6) is 0 Å². The Hall–Kier alpha value is -0.220. The topological polar surface area (TPSA) is 12.5 Å². The van der Waals surface area contributed by atoms with Crippen LogP contribution in [0.4, 0.5) is 8.78 Å². The fraction of sp³-hybridized carbons (Fsp3) is 1.00. The van der Waals surface area contributed by atoms with Gasteiger partial charge in [0.1, 0.15) is 0 Å². The Kier molecular flexibility index (Phi) is 5.18. The van der Waals surface area contributed by atoms with Gasteiger partial charge < -0.3 is 4.74 Å². The molecule has 1 heterocycles. The van der Waals surface area contributed by atoms with Gasteiger partial charge in [0.2, 0.25) is 5.92 Å². The Morgan fingerprint density at radius 3 is 2.58 bits per heavy atom. The minimum absolute atomic E-state index is 0.0928. The van der Waals surface area contributed by atoms with Gasteiger partial charge in [-0.05, 0) is 44.1 Å². The molecule has 1 aliphatic carbocycles. The number of hydrogen-bond donors (Lipinski definition) is 0. The van der Waals surface area contributed by atoms with Gasteiger partial charge in [-0.25, -0.2) is 8.78 Å². The third kappa shape index (κ3) is 4.38. The molecule has 2 atom stereocenters. The highest BCUT2D eigenvalue weighted by molar-refractivity contribution is 4.84. The van der Waals surface area contributed by atoms with Crippen molar-refractivity contribution >= 4 is 0 Å². The van der Waals surface area contributed by atoms with E-state index in [0.29, 0.717) is 24.8 Å². The van der Waals surface area contributed by atoms with Crippen molar-refractivity contribution in [3.8, 4) is 0 Å². The summed E-state index contributed by atoms with van der Waals surface area (Å²) < 4.78 is 31.5. The number of methoxy groups -OCH3 is 1. The molecule has 0 amide bonds. The lowest BCUT2D eigenvalue weighted by Gasteiger charge is -2.30. The van der Waals surface area contributed by atoms with Crippen molar-refractivity contribution in [2.75, 3.05) is 26.8 Å². The molecule has 112 valence electrons. The normalized spacial score (nSPS) is 32.8. The molecule has 2 aliphatic rings. The Bertz CT molecular complexity index is 275. The Balaban J connectivity index is 1.73. The molecule has 0 spiro atoms. The van der Waals surface area contributed by atoms with Crippen molar-refractivity contribution < 1.29 is 13.5 Å². The van der Waals surface area contributed by atoms with Crippen molar-refractivity contribution in [1.82, 2.24) is 4.90 Å². The van der Waals surface area contributed by atoms with Gasteiger partial charge in [0, 0.05) is 32.5 Å². The molecule has 0 aromatic rings. The molecule has 4 heteroatoms. The number of nitrogens with zero attached hydrogens (tertiary/aromatic N) is 1. The van der Waals surface area contributed by atoms with E-state index in [2.05, 4.69) is 11.8 Å². The molecule has 2 nitrogen and oxygen atoms in total. The van der Waals surface area contributed by atoms with E-state index >= 15 is 0 Å². The first-order valence-electron chi connectivity index (χ1n) is 7.61. The Morgan fingerprint density at radius 1 is 1.26 bits per heavy atom. The van der Waals surface area contributed by atoms with Crippen LogP contribution in [-0.4, -0.2) is 43.7 Å². The van der Waals surface area contributed by atoms with Crippen molar-refractivity contribution in [2.45, 2.75) is 57.4 Å². The number of ether oxygens (including phenoxy) is 1. The first kappa shape index (κ1) is 15.2. The summed E-state index contributed by atoms with van der Waals surface area (Å²) in [6.45, 7) is 5.27. The number of alkyl halides is 2. The lowest BCUT2D eigenvalue weighted by atomic mass is 9.84. The summed E-state index contributed by atoms with van der Waals surface area (Å²) in [5.74, 6) is -1.16. The van der Waals surface area contributed by atoms with Gasteiger partial charge in [0.25, 0.3) is 0 Å². The molecule has 0 aromatic carbocycles. The highest BCUT2D eigenvalue weighted by atomic mass is 19.3. The lowest BCUT2D eigenvalue weighted by molar-refractivity contribution is -0.0474. The van der Waals surface area contributed by atoms with Gasteiger partial charge in [0.05, 0.1) is 6.61 Å². The van der Waals surface area contributed by atoms with Crippen LogP contribution in [0, 0.1) is 11.8 Å². The second-order valence-electron chi connectivity index (χ2n) is 6.53. The second-order valence-corrected chi connectivity index (χ2v) is 6.53. The van der Waals surface area contributed by atoms with Gasteiger partial charge in [-0.1, -0.05) is 6.92 Å². The van der Waals surface area contributed by atoms with Gasteiger partial charge in [-0.2, -0.15) is 0 Å². The van der Waals surface area contributed by atoms with Gasteiger partial charge in [-0.15, -0.1) is 0 Å². The number of likely N-dealkylation sites (tertiary alicyclic amines) is 1. The lowest BCUT2D eigenvalue weighted by Crippen LogP contribution is -2.35. The van der Waals surface area contributed by atoms with Crippen LogP contribution in [0.3, 0.4) is 0 Å². The summed E-state index contributed by atoms with van der Waals surface area (Å²) in [7, 11) is 1.75. The number of rotatable bonds is 5. The summed E-state index contributed by atoms with van der Waals surface area (Å²) in [5, 5.41) is 0. The zero-order chi connectivity index (χ0) is 13.9. The predicted octanol–water partition coefficient (Wildman–Crippen LogP) is 3.56. The zero-order valence-corrected chi connectivity index (χ0v) is 12.2. The van der Waals surface area contributed by atoms with E-state index in [4.69, 9.17) is 4.74 Å². The SMILES string of the molecule is COC[C@@H]1CC(C)CN1CCC1CCC(F)(F)CC1. The average Bonchev–Trinajstić information content (AvgIpc) is 2.69. The standard InChI is InChI=1S/C15H27F2NO/c1-12-9-14(11-19-2)18(10-12)8-5-13-3-6-15(16,17)7-4-13/h12-14H,3-11H2,1-2H3/t12?,14-/m0/s1. The summed E-state index contributed by atoms with van der Waals surface area (Å²) in [6, 6.07) is 0.532. The summed E-state index contributed by atoms with van der Waals surface area (Å²) in [4.78, 5) is 2.50. The smallest absolute Gasteiger partial charge is 0.248 e. The Labute approximate surface area is 115 Å². The minimum atomic E-state index is -2.39. The van der Waals surface area contributed by atoms with E-state index in [0.717, 1.165) is 32.0 Å². The van der Waals surface area contributed by atoms with Crippen LogP contribution in [0.2, 0.25) is 0 Å². The quantitative estimate of drug-likeness (QED) is 0.760. The monoisotopic (exact) mass is 275 g/mol. The van der Waals surface area contributed by atoms with Crippen LogP contribution in [0.15, 0.2) is 0 Å². The maximum absolute atomic E-state index is 13.1. The summed E-state index contributed by atoms with van der Waals surface area (Å²) in [5.41, 5.74) is 0. The van der Waals surface area contributed by atoms with E-state index in [9.17, 15) is 8.78 Å². The van der Waals surface area contributed by atoms with Gasteiger partial charge >= 0.3 is 0 Å². The fourth-order valence-electron chi connectivity index (χ4n) is 3.61. The predicted molar refractivity (Wildman–Crippen MR) is 72.5 cm³/mol. The number of halogens is 2. The molecule has 1 unspecified atom stereocenters. The fourth-order valence-corrected chi connectivity index (χ4v) is 3.61. The van der Waals surface area contributed by atoms with E-state index in [1.807, 2.05) is 0 Å². The average molecular weight is 275 g/mol. The number of hydrogen-bond acceptors (Lipinski definition) is 2. The molecule has 1 aliphatic heterocycles. The molecule has 2 rings (SSSR count). The molecule has 0 N–H and O–H groups in total. The highest BCUT2D eigenvalue weighted by Crippen LogP contribution is 2.37. The van der Waals surface area contributed by atoms with Crippen LogP contribution in [0.25, 0.3) is 0 Å². The molecular formula is C15H27F2NO. The molecule has 19 heavy (non-hydrogen) atoms. The van der Waals surface area contributed by atoms with E-state index in [-0.39, 0.29) is 12.8 Å². The first-order chi connectivity index (χ1) is 9.00. The van der Waals surface area contributed by atoms with Gasteiger partial charge in [0.15, 0.2) is 0 Å². The van der Waals surface area contributed by atoms with E-state index in [1.54, 1.807) is 7.11 Å².